The molecular formula is C18H21NO. The van der Waals surface area contributed by atoms with Crippen molar-refractivity contribution in [1.29, 1.82) is 0 Å². The molecule has 0 radical (unpaired) electrons. The summed E-state index contributed by atoms with van der Waals surface area (Å²) in [5, 5.41) is 12.3. The van der Waals surface area contributed by atoms with Crippen molar-refractivity contribution in [3.05, 3.63) is 59.2 Å². The molecule has 0 fully saturated rings. The fraction of sp³-hybridized carbons (Fsp3) is 0.333. The van der Waals surface area contributed by atoms with Gasteiger partial charge < -0.3 is 10.4 Å². The van der Waals surface area contributed by atoms with Crippen molar-refractivity contribution in [2.45, 2.75) is 25.8 Å². The van der Waals surface area contributed by atoms with Crippen LogP contribution in [0.3, 0.4) is 0 Å². The number of benzene rings is 2. The maximum absolute atomic E-state index is 8.84. The Balaban J connectivity index is 1.80. The molecule has 0 spiro atoms. The molecule has 2 heteroatoms. The molecule has 0 heterocycles. The summed E-state index contributed by atoms with van der Waals surface area (Å²) in [6.45, 7) is 3.29. The van der Waals surface area contributed by atoms with Crippen molar-refractivity contribution < 1.29 is 5.11 Å². The number of hydrogen-bond donors (Lipinski definition) is 2. The lowest BCUT2D eigenvalue weighted by atomic mass is 10.0. The van der Waals surface area contributed by atoms with Crippen LogP contribution in [0.1, 0.15) is 36.1 Å². The summed E-state index contributed by atoms with van der Waals surface area (Å²) in [7, 11) is 0. The molecule has 20 heavy (non-hydrogen) atoms. The van der Waals surface area contributed by atoms with E-state index in [4.69, 9.17) is 5.11 Å². The van der Waals surface area contributed by atoms with Crippen molar-refractivity contribution >= 4 is 0 Å². The second kappa shape index (κ2) is 5.78. The van der Waals surface area contributed by atoms with E-state index in [9.17, 15) is 0 Å². The molecule has 3 rings (SSSR count). The van der Waals surface area contributed by atoms with E-state index in [1.54, 1.807) is 0 Å². The Morgan fingerprint density at radius 1 is 1.10 bits per heavy atom. The maximum Gasteiger partial charge on any atom is 0.0443 e. The predicted octanol–water partition coefficient (Wildman–Crippen LogP) is 3.29. The van der Waals surface area contributed by atoms with Crippen LogP contribution < -0.4 is 5.32 Å². The fourth-order valence-corrected chi connectivity index (χ4v) is 2.95. The first-order valence-electron chi connectivity index (χ1n) is 7.35. The SMILES string of the molecule is CC(NCCCO)c1ccc2c(c1)Cc1ccccc1-2. The van der Waals surface area contributed by atoms with Gasteiger partial charge in [0.2, 0.25) is 0 Å². The Morgan fingerprint density at radius 2 is 1.90 bits per heavy atom. The van der Waals surface area contributed by atoms with E-state index in [1.807, 2.05) is 0 Å². The molecule has 1 atom stereocenters. The molecule has 0 aromatic heterocycles. The zero-order chi connectivity index (χ0) is 13.9. The average Bonchev–Trinajstić information content (AvgIpc) is 2.85. The molecule has 0 amide bonds. The molecule has 1 unspecified atom stereocenters. The first kappa shape index (κ1) is 13.3. The van der Waals surface area contributed by atoms with Crippen LogP contribution in [0.4, 0.5) is 0 Å². The number of aliphatic hydroxyl groups excluding tert-OH is 1. The second-order valence-electron chi connectivity index (χ2n) is 5.50. The Kier molecular flexibility index (Phi) is 3.86. The second-order valence-corrected chi connectivity index (χ2v) is 5.50. The predicted molar refractivity (Wildman–Crippen MR) is 82.8 cm³/mol. The first-order valence-corrected chi connectivity index (χ1v) is 7.35. The number of aliphatic hydroxyl groups is 1. The summed E-state index contributed by atoms with van der Waals surface area (Å²) < 4.78 is 0. The van der Waals surface area contributed by atoms with Gasteiger partial charge in [-0.15, -0.1) is 0 Å². The Labute approximate surface area is 120 Å². The Hall–Kier alpha value is -1.64. The van der Waals surface area contributed by atoms with Gasteiger partial charge in [-0.3, -0.25) is 0 Å². The lowest BCUT2D eigenvalue weighted by Gasteiger charge is -2.15. The molecule has 0 bridgehead atoms. The van der Waals surface area contributed by atoms with Gasteiger partial charge in [-0.2, -0.15) is 0 Å². The van der Waals surface area contributed by atoms with Crippen LogP contribution in [0.2, 0.25) is 0 Å². The van der Waals surface area contributed by atoms with E-state index >= 15 is 0 Å². The lowest BCUT2D eigenvalue weighted by Crippen LogP contribution is -2.20. The molecule has 2 nitrogen and oxygen atoms in total. The van der Waals surface area contributed by atoms with Crippen LogP contribution in [0.5, 0.6) is 0 Å². The molecular weight excluding hydrogens is 246 g/mol. The lowest BCUT2D eigenvalue weighted by molar-refractivity contribution is 0.284. The molecule has 1 aliphatic rings. The smallest absolute Gasteiger partial charge is 0.0443 e. The van der Waals surface area contributed by atoms with Crippen LogP contribution in [0.25, 0.3) is 11.1 Å². The van der Waals surface area contributed by atoms with Crippen LogP contribution >= 0.6 is 0 Å². The van der Waals surface area contributed by atoms with E-state index in [1.165, 1.54) is 27.8 Å². The van der Waals surface area contributed by atoms with E-state index in [-0.39, 0.29) is 6.61 Å². The van der Waals surface area contributed by atoms with Crippen molar-refractivity contribution in [2.24, 2.45) is 0 Å². The van der Waals surface area contributed by atoms with Gasteiger partial charge in [-0.1, -0.05) is 42.5 Å². The third kappa shape index (κ3) is 2.49. The van der Waals surface area contributed by atoms with Crippen LogP contribution in [0.15, 0.2) is 42.5 Å². The Bertz CT molecular complexity index is 606. The molecule has 2 aromatic rings. The highest BCUT2D eigenvalue weighted by Crippen LogP contribution is 2.37. The molecule has 0 saturated heterocycles. The average molecular weight is 267 g/mol. The zero-order valence-corrected chi connectivity index (χ0v) is 11.9. The molecule has 1 aliphatic carbocycles. The first-order chi connectivity index (χ1) is 9.79. The van der Waals surface area contributed by atoms with E-state index in [2.05, 4.69) is 54.7 Å². The number of hydrogen-bond acceptors (Lipinski definition) is 2. The summed E-state index contributed by atoms with van der Waals surface area (Å²) >= 11 is 0. The minimum atomic E-state index is 0.249. The summed E-state index contributed by atoms with van der Waals surface area (Å²) in [5.74, 6) is 0. The highest BCUT2D eigenvalue weighted by molar-refractivity contribution is 5.76. The van der Waals surface area contributed by atoms with Crippen molar-refractivity contribution in [3.8, 4) is 11.1 Å². The van der Waals surface area contributed by atoms with Gasteiger partial charge in [-0.25, -0.2) is 0 Å². The fourth-order valence-electron chi connectivity index (χ4n) is 2.95. The van der Waals surface area contributed by atoms with Crippen LogP contribution in [-0.2, 0) is 6.42 Å². The number of rotatable bonds is 5. The Morgan fingerprint density at radius 3 is 2.75 bits per heavy atom. The summed E-state index contributed by atoms with van der Waals surface area (Å²) in [5.41, 5.74) is 6.95. The summed E-state index contributed by atoms with van der Waals surface area (Å²) in [6.07, 6.45) is 1.85. The van der Waals surface area contributed by atoms with Crippen molar-refractivity contribution in [3.63, 3.8) is 0 Å². The topological polar surface area (TPSA) is 32.3 Å². The molecule has 0 aliphatic heterocycles. The minimum absolute atomic E-state index is 0.249. The molecule has 2 aromatic carbocycles. The number of fused-ring (bicyclic) bond motifs is 3. The molecule has 104 valence electrons. The van der Waals surface area contributed by atoms with Gasteiger partial charge in [0, 0.05) is 12.6 Å². The molecule has 0 saturated carbocycles. The third-order valence-corrected chi connectivity index (χ3v) is 4.10. The van der Waals surface area contributed by atoms with Gasteiger partial charge in [0.25, 0.3) is 0 Å². The summed E-state index contributed by atoms with van der Waals surface area (Å²) in [6, 6.07) is 15.8. The van der Waals surface area contributed by atoms with Crippen LogP contribution in [0, 0.1) is 0 Å². The quantitative estimate of drug-likeness (QED) is 0.695. The van der Waals surface area contributed by atoms with Gasteiger partial charge in [0.1, 0.15) is 0 Å². The van der Waals surface area contributed by atoms with Crippen molar-refractivity contribution in [1.82, 2.24) is 5.32 Å². The highest BCUT2D eigenvalue weighted by Gasteiger charge is 2.18. The van der Waals surface area contributed by atoms with E-state index in [0.717, 1.165) is 19.4 Å². The van der Waals surface area contributed by atoms with Gasteiger partial charge in [0.15, 0.2) is 0 Å². The normalized spacial score (nSPS) is 13.9. The van der Waals surface area contributed by atoms with Gasteiger partial charge in [0.05, 0.1) is 0 Å². The van der Waals surface area contributed by atoms with Gasteiger partial charge >= 0.3 is 0 Å². The van der Waals surface area contributed by atoms with Crippen LogP contribution in [-0.4, -0.2) is 18.3 Å². The zero-order valence-electron chi connectivity index (χ0n) is 11.9. The maximum atomic E-state index is 8.84. The highest BCUT2D eigenvalue weighted by atomic mass is 16.3. The van der Waals surface area contributed by atoms with Crippen molar-refractivity contribution in [2.75, 3.05) is 13.2 Å². The van der Waals surface area contributed by atoms with Gasteiger partial charge in [-0.05, 0) is 54.1 Å². The monoisotopic (exact) mass is 267 g/mol. The molecule has 2 N–H and O–H groups in total. The third-order valence-electron chi connectivity index (χ3n) is 4.10. The largest absolute Gasteiger partial charge is 0.396 e. The van der Waals surface area contributed by atoms with E-state index in [0.29, 0.717) is 6.04 Å². The minimum Gasteiger partial charge on any atom is -0.396 e. The standard InChI is InChI=1S/C18H21NO/c1-13(19-9-4-10-20)14-7-8-18-16(11-14)12-15-5-2-3-6-17(15)18/h2-3,5-8,11,13,19-20H,4,9-10,12H2,1H3. The summed E-state index contributed by atoms with van der Waals surface area (Å²) in [4.78, 5) is 0. The van der Waals surface area contributed by atoms with E-state index < -0.39 is 0 Å². The number of nitrogens with one attached hydrogen (secondary N) is 1.